The predicted molar refractivity (Wildman–Crippen MR) is 92.6 cm³/mol. The molecule has 0 aliphatic rings. The lowest BCUT2D eigenvalue weighted by Gasteiger charge is -2.08. The number of hydrogen-bond acceptors (Lipinski definition) is 7. The van der Waals surface area contributed by atoms with Crippen LogP contribution in [0.2, 0.25) is 0 Å². The molecular weight excluding hydrogens is 352 g/mol. The maximum Gasteiger partial charge on any atom is 0.214 e. The minimum absolute atomic E-state index is 0.0773. The van der Waals surface area contributed by atoms with Gasteiger partial charge in [-0.2, -0.15) is 5.26 Å². The molecule has 8 heteroatoms. The van der Waals surface area contributed by atoms with Gasteiger partial charge >= 0.3 is 0 Å². The fourth-order valence-corrected chi connectivity index (χ4v) is 4.74. The number of anilines is 1. The van der Waals surface area contributed by atoms with Crippen molar-refractivity contribution < 1.29 is 13.2 Å². The fraction of sp³-hybridized carbons (Fsp3) is 0.200. The van der Waals surface area contributed by atoms with Crippen molar-refractivity contribution in [3.05, 3.63) is 44.9 Å². The summed E-state index contributed by atoms with van der Waals surface area (Å²) >= 11 is 2.49. The molecule has 0 saturated carbocycles. The molecule has 0 unspecified atom stereocenters. The van der Waals surface area contributed by atoms with E-state index in [1.165, 1.54) is 28.9 Å². The molecule has 0 amide bonds. The summed E-state index contributed by atoms with van der Waals surface area (Å²) in [6.45, 7) is 3.21. The Morgan fingerprint density at radius 2 is 2.13 bits per heavy atom. The van der Waals surface area contributed by atoms with Gasteiger partial charge < -0.3 is 5.32 Å². The van der Waals surface area contributed by atoms with Gasteiger partial charge in [0.2, 0.25) is 5.78 Å². The van der Waals surface area contributed by atoms with Crippen molar-refractivity contribution in [3.63, 3.8) is 0 Å². The highest BCUT2D eigenvalue weighted by Gasteiger charge is 2.23. The molecule has 0 atom stereocenters. The van der Waals surface area contributed by atoms with E-state index in [1.807, 2.05) is 6.07 Å². The topological polar surface area (TPSA) is 87.0 Å². The number of carbonyl (C=O) groups is 1. The molecule has 0 aliphatic carbocycles. The molecule has 0 fully saturated rings. The number of thiophene rings is 2. The fourth-order valence-electron chi connectivity index (χ4n) is 1.70. The predicted octanol–water partition coefficient (Wildman–Crippen LogP) is 3.69. The van der Waals surface area contributed by atoms with Crippen molar-refractivity contribution in [2.45, 2.75) is 24.0 Å². The summed E-state index contributed by atoms with van der Waals surface area (Å²) in [5.41, 5.74) is 0.293. The van der Waals surface area contributed by atoms with Crippen LogP contribution in [-0.4, -0.2) is 19.5 Å². The molecule has 23 heavy (non-hydrogen) atoms. The Hall–Kier alpha value is -1.95. The second-order valence-corrected chi connectivity index (χ2v) is 9.03. The standard InChI is InChI=1S/C15H14N2O3S3/c1-10(2)23(19,20)14-9-21-8-12(14)17-7-11(6-16)15(18)13-4-3-5-22-13/h3-5,7-10,17H,1-2H3/b11-7-. The second kappa shape index (κ2) is 7.08. The molecule has 0 radical (unpaired) electrons. The Labute approximate surface area is 142 Å². The summed E-state index contributed by atoms with van der Waals surface area (Å²) in [4.78, 5) is 12.8. The summed E-state index contributed by atoms with van der Waals surface area (Å²) < 4.78 is 24.5. The highest BCUT2D eigenvalue weighted by molar-refractivity contribution is 7.92. The quantitative estimate of drug-likeness (QED) is 0.478. The van der Waals surface area contributed by atoms with Crippen LogP contribution >= 0.6 is 22.7 Å². The van der Waals surface area contributed by atoms with E-state index >= 15 is 0 Å². The van der Waals surface area contributed by atoms with Crippen molar-refractivity contribution in [3.8, 4) is 6.07 Å². The molecule has 1 N–H and O–H groups in total. The van der Waals surface area contributed by atoms with Crippen LogP contribution in [0.25, 0.3) is 0 Å². The lowest BCUT2D eigenvalue weighted by molar-refractivity contribution is 0.104. The maximum absolute atomic E-state index is 12.3. The second-order valence-electron chi connectivity index (χ2n) is 4.86. The van der Waals surface area contributed by atoms with Crippen molar-refractivity contribution >= 4 is 44.0 Å². The zero-order chi connectivity index (χ0) is 17.0. The molecule has 0 aromatic carbocycles. The zero-order valence-electron chi connectivity index (χ0n) is 12.4. The first-order chi connectivity index (χ1) is 10.9. The van der Waals surface area contributed by atoms with Crippen LogP contribution in [0, 0.1) is 11.3 Å². The van der Waals surface area contributed by atoms with Crippen LogP contribution in [0.15, 0.2) is 44.9 Å². The van der Waals surface area contributed by atoms with Crippen molar-refractivity contribution in [1.82, 2.24) is 0 Å². The molecule has 2 aromatic heterocycles. The van der Waals surface area contributed by atoms with Gasteiger partial charge in [-0.3, -0.25) is 4.79 Å². The van der Waals surface area contributed by atoms with Gasteiger partial charge in [0.05, 0.1) is 15.8 Å². The number of rotatable bonds is 6. The molecule has 120 valence electrons. The van der Waals surface area contributed by atoms with Gasteiger partial charge in [-0.25, -0.2) is 8.42 Å². The SMILES string of the molecule is CC(C)S(=O)(=O)c1cscc1N/C=C(/C#N)C(=O)c1cccs1. The summed E-state index contributed by atoms with van der Waals surface area (Å²) in [7, 11) is -3.43. The van der Waals surface area contributed by atoms with Gasteiger partial charge in [0.25, 0.3) is 0 Å². The third kappa shape index (κ3) is 3.69. The van der Waals surface area contributed by atoms with Gasteiger partial charge in [-0.05, 0) is 25.3 Å². The largest absolute Gasteiger partial charge is 0.359 e. The molecule has 2 rings (SSSR count). The van der Waals surface area contributed by atoms with Crippen LogP contribution in [0.4, 0.5) is 5.69 Å². The minimum Gasteiger partial charge on any atom is -0.359 e. The van der Waals surface area contributed by atoms with Crippen LogP contribution < -0.4 is 5.32 Å². The number of nitriles is 1. The summed E-state index contributed by atoms with van der Waals surface area (Å²) in [6, 6.07) is 5.21. The van der Waals surface area contributed by atoms with E-state index in [1.54, 1.807) is 42.1 Å². The molecule has 0 aliphatic heterocycles. The van der Waals surface area contributed by atoms with Crippen LogP contribution in [0.1, 0.15) is 23.5 Å². The van der Waals surface area contributed by atoms with Crippen molar-refractivity contribution in [2.75, 3.05) is 5.32 Å². The van der Waals surface area contributed by atoms with Gasteiger partial charge in [-0.1, -0.05) is 6.07 Å². The maximum atomic E-state index is 12.3. The Bertz CT molecular complexity index is 869. The highest BCUT2D eigenvalue weighted by Crippen LogP contribution is 2.29. The smallest absolute Gasteiger partial charge is 0.214 e. The molecule has 0 saturated heterocycles. The average molecular weight is 366 g/mol. The molecule has 5 nitrogen and oxygen atoms in total. The molecular formula is C15H14N2O3S3. The lowest BCUT2D eigenvalue weighted by Crippen LogP contribution is -2.14. The summed E-state index contributed by atoms with van der Waals surface area (Å²) in [5.74, 6) is -0.390. The number of Topliss-reactive ketones (excluding diaryl/α,β-unsaturated/α-hetero) is 1. The van der Waals surface area contributed by atoms with Crippen molar-refractivity contribution in [1.29, 1.82) is 5.26 Å². The molecule has 2 aromatic rings. The normalized spacial score (nSPS) is 12.2. The zero-order valence-corrected chi connectivity index (χ0v) is 14.9. The number of carbonyl (C=O) groups excluding carboxylic acids is 1. The van der Waals surface area contributed by atoms with E-state index in [-0.39, 0.29) is 10.5 Å². The minimum atomic E-state index is -3.43. The molecule has 0 spiro atoms. The Balaban J connectivity index is 2.29. The average Bonchev–Trinajstić information content (AvgIpc) is 3.19. The number of sulfone groups is 1. The summed E-state index contributed by atoms with van der Waals surface area (Å²) in [5, 5.41) is 16.3. The lowest BCUT2D eigenvalue weighted by atomic mass is 10.2. The van der Waals surface area contributed by atoms with E-state index in [9.17, 15) is 13.2 Å². The monoisotopic (exact) mass is 366 g/mol. The number of nitrogens with one attached hydrogen (secondary N) is 1. The van der Waals surface area contributed by atoms with Gasteiger partial charge in [0.1, 0.15) is 16.5 Å². The third-order valence-corrected chi connectivity index (χ3v) is 6.99. The number of hydrogen-bond donors (Lipinski definition) is 1. The van der Waals surface area contributed by atoms with Crippen LogP contribution in [-0.2, 0) is 9.84 Å². The van der Waals surface area contributed by atoms with Crippen molar-refractivity contribution in [2.24, 2.45) is 0 Å². The molecule has 2 heterocycles. The first-order valence-corrected chi connectivity index (χ1v) is 10.00. The van der Waals surface area contributed by atoms with Crippen LogP contribution in [0.5, 0.6) is 0 Å². The number of ketones is 1. The summed E-state index contributed by atoms with van der Waals surface area (Å²) in [6.07, 6.45) is 1.25. The number of allylic oxidation sites excluding steroid dienone is 1. The Kier molecular flexibility index (Phi) is 5.36. The Morgan fingerprint density at radius 3 is 2.70 bits per heavy atom. The third-order valence-electron chi connectivity index (χ3n) is 3.04. The van der Waals surface area contributed by atoms with E-state index < -0.39 is 20.9 Å². The first kappa shape index (κ1) is 17.4. The van der Waals surface area contributed by atoms with E-state index in [4.69, 9.17) is 5.26 Å². The Morgan fingerprint density at radius 1 is 1.39 bits per heavy atom. The van der Waals surface area contributed by atoms with Crippen LogP contribution in [0.3, 0.4) is 0 Å². The van der Waals surface area contributed by atoms with E-state index in [2.05, 4.69) is 5.32 Å². The van der Waals surface area contributed by atoms with Gasteiger partial charge in [0, 0.05) is 17.0 Å². The highest BCUT2D eigenvalue weighted by atomic mass is 32.2. The van der Waals surface area contributed by atoms with Gasteiger partial charge in [-0.15, -0.1) is 22.7 Å². The van der Waals surface area contributed by atoms with Gasteiger partial charge in [0.15, 0.2) is 9.84 Å². The number of nitrogens with zero attached hydrogens (tertiary/aromatic N) is 1. The van der Waals surface area contributed by atoms with E-state index in [0.717, 1.165) is 0 Å². The first-order valence-electron chi connectivity index (χ1n) is 6.63. The molecule has 0 bridgehead atoms. The van der Waals surface area contributed by atoms with E-state index in [0.29, 0.717) is 10.6 Å².